The number of hydrogen-bond donors (Lipinski definition) is 1. The fraction of sp³-hybridized carbons (Fsp3) is 0.286. The molecule has 0 saturated carbocycles. The monoisotopic (exact) mass is 398 g/mol. The molecule has 0 fully saturated rings. The normalized spacial score (nSPS) is 11.1. The first-order valence-electron chi connectivity index (χ1n) is 8.76. The van der Waals surface area contributed by atoms with Crippen LogP contribution in [-0.2, 0) is 16.1 Å². The zero-order valence-electron chi connectivity index (χ0n) is 16.4. The molecule has 1 atom stereocenters. The van der Waals surface area contributed by atoms with E-state index in [2.05, 4.69) is 0 Å². The van der Waals surface area contributed by atoms with Crippen molar-refractivity contribution >= 4 is 11.9 Å². The highest BCUT2D eigenvalue weighted by molar-refractivity contribution is 5.84. The van der Waals surface area contributed by atoms with Gasteiger partial charge in [-0.05, 0) is 36.8 Å². The van der Waals surface area contributed by atoms with E-state index in [1.807, 2.05) is 6.07 Å². The number of nitriles is 1. The summed E-state index contributed by atoms with van der Waals surface area (Å²) in [7, 11) is 3.00. The Balaban J connectivity index is 2.24. The Morgan fingerprint density at radius 1 is 1.14 bits per heavy atom. The molecule has 2 aromatic carbocycles. The third-order valence-corrected chi connectivity index (χ3v) is 4.08. The van der Waals surface area contributed by atoms with Gasteiger partial charge < -0.3 is 24.2 Å². The molecule has 0 heterocycles. The van der Waals surface area contributed by atoms with Gasteiger partial charge in [0.15, 0.2) is 6.10 Å². The van der Waals surface area contributed by atoms with E-state index in [1.54, 1.807) is 42.5 Å². The number of carboxylic acid groups (broad SMARTS) is 1. The molecule has 1 amide bonds. The van der Waals surface area contributed by atoms with Crippen LogP contribution in [0.25, 0.3) is 0 Å². The van der Waals surface area contributed by atoms with Gasteiger partial charge in [-0.2, -0.15) is 5.26 Å². The zero-order valence-corrected chi connectivity index (χ0v) is 16.4. The lowest BCUT2D eigenvalue weighted by molar-refractivity contribution is -0.148. The van der Waals surface area contributed by atoms with Crippen LogP contribution < -0.4 is 14.2 Å². The van der Waals surface area contributed by atoms with Crippen molar-refractivity contribution in [2.45, 2.75) is 19.6 Å². The van der Waals surface area contributed by atoms with Crippen LogP contribution in [0.4, 0.5) is 0 Å². The molecule has 2 rings (SSSR count). The number of amides is 1. The van der Waals surface area contributed by atoms with E-state index in [1.165, 1.54) is 21.1 Å². The first-order valence-corrected chi connectivity index (χ1v) is 8.76. The maximum atomic E-state index is 12.9. The molecular weight excluding hydrogens is 376 g/mol. The van der Waals surface area contributed by atoms with E-state index in [0.717, 1.165) is 4.90 Å². The lowest BCUT2D eigenvalue weighted by atomic mass is 10.1. The van der Waals surface area contributed by atoms with Crippen LogP contribution in [0.15, 0.2) is 42.5 Å². The number of nitrogens with zero attached hydrogens (tertiary/aromatic N) is 2. The molecule has 2 aromatic rings. The lowest BCUT2D eigenvalue weighted by Gasteiger charge is -2.25. The summed E-state index contributed by atoms with van der Waals surface area (Å²) in [6.45, 7) is 1.02. The van der Waals surface area contributed by atoms with E-state index in [-0.39, 0.29) is 17.9 Å². The number of aliphatic carboxylic acids is 1. The molecule has 1 N–H and O–H groups in total. The molecule has 0 radical (unpaired) electrons. The predicted molar refractivity (Wildman–Crippen MR) is 104 cm³/mol. The minimum absolute atomic E-state index is 0.0201. The van der Waals surface area contributed by atoms with Gasteiger partial charge in [0.2, 0.25) is 0 Å². The average Bonchev–Trinajstić information content (AvgIpc) is 2.72. The smallest absolute Gasteiger partial charge is 0.323 e. The Hall–Kier alpha value is -3.73. The highest BCUT2D eigenvalue weighted by Gasteiger charge is 2.25. The number of para-hydroxylation sites is 1. The number of carbonyl (C=O) groups is 2. The number of ether oxygens (including phenoxy) is 3. The topological polar surface area (TPSA) is 109 Å². The van der Waals surface area contributed by atoms with E-state index in [4.69, 9.17) is 19.5 Å². The predicted octanol–water partition coefficient (Wildman–Crippen LogP) is 2.46. The fourth-order valence-corrected chi connectivity index (χ4v) is 2.71. The number of carboxylic acids is 1. The molecular formula is C21H22N2O6. The summed E-state index contributed by atoms with van der Waals surface area (Å²) >= 11 is 0. The first-order chi connectivity index (χ1) is 13.9. The maximum Gasteiger partial charge on any atom is 0.323 e. The quantitative estimate of drug-likeness (QED) is 0.691. The second-order valence-electron chi connectivity index (χ2n) is 6.18. The molecule has 0 bridgehead atoms. The highest BCUT2D eigenvalue weighted by Crippen LogP contribution is 2.24. The van der Waals surface area contributed by atoms with Gasteiger partial charge in [-0.25, -0.2) is 0 Å². The third kappa shape index (κ3) is 5.87. The van der Waals surface area contributed by atoms with Crippen molar-refractivity contribution in [1.29, 1.82) is 5.26 Å². The summed E-state index contributed by atoms with van der Waals surface area (Å²) in [6.07, 6.45) is -0.989. The molecule has 152 valence electrons. The minimum atomic E-state index is -1.15. The molecule has 0 aromatic heterocycles. The molecule has 8 nitrogen and oxygen atoms in total. The Labute approximate surface area is 168 Å². The number of methoxy groups -OCH3 is 2. The average molecular weight is 398 g/mol. The van der Waals surface area contributed by atoms with Crippen molar-refractivity contribution < 1.29 is 28.9 Å². The van der Waals surface area contributed by atoms with Gasteiger partial charge in [0, 0.05) is 12.6 Å². The molecule has 0 aliphatic rings. The molecule has 0 saturated heterocycles. The van der Waals surface area contributed by atoms with Crippen LogP contribution in [0.2, 0.25) is 0 Å². The fourth-order valence-electron chi connectivity index (χ4n) is 2.71. The van der Waals surface area contributed by atoms with Gasteiger partial charge in [-0.15, -0.1) is 0 Å². The van der Waals surface area contributed by atoms with Crippen LogP contribution in [0.3, 0.4) is 0 Å². The Morgan fingerprint density at radius 3 is 2.31 bits per heavy atom. The van der Waals surface area contributed by atoms with Crippen LogP contribution >= 0.6 is 0 Å². The zero-order chi connectivity index (χ0) is 21.4. The summed E-state index contributed by atoms with van der Waals surface area (Å²) in [6, 6.07) is 13.6. The van der Waals surface area contributed by atoms with Crippen molar-refractivity contribution in [2.24, 2.45) is 0 Å². The van der Waals surface area contributed by atoms with Gasteiger partial charge >= 0.3 is 5.97 Å². The second kappa shape index (κ2) is 9.99. The summed E-state index contributed by atoms with van der Waals surface area (Å²) in [5, 5.41) is 18.4. The minimum Gasteiger partial charge on any atom is -0.497 e. The summed E-state index contributed by atoms with van der Waals surface area (Å²) < 4.78 is 16.1. The van der Waals surface area contributed by atoms with Gasteiger partial charge in [0.25, 0.3) is 5.91 Å². The first kappa shape index (κ1) is 21.6. The number of hydrogen-bond acceptors (Lipinski definition) is 6. The number of carbonyl (C=O) groups excluding carboxylic acids is 1. The van der Waals surface area contributed by atoms with Crippen LogP contribution in [0.1, 0.15) is 18.1 Å². The van der Waals surface area contributed by atoms with Gasteiger partial charge in [0.05, 0.1) is 19.8 Å². The maximum absolute atomic E-state index is 12.9. The van der Waals surface area contributed by atoms with Crippen molar-refractivity contribution in [3.8, 4) is 23.3 Å². The van der Waals surface area contributed by atoms with Crippen molar-refractivity contribution in [1.82, 2.24) is 4.90 Å². The molecule has 8 heteroatoms. The molecule has 0 aliphatic heterocycles. The summed E-state index contributed by atoms with van der Waals surface area (Å²) in [5.41, 5.74) is 0.926. The molecule has 29 heavy (non-hydrogen) atoms. The van der Waals surface area contributed by atoms with E-state index >= 15 is 0 Å². The molecule has 1 unspecified atom stereocenters. The van der Waals surface area contributed by atoms with Gasteiger partial charge in [-0.3, -0.25) is 9.59 Å². The van der Waals surface area contributed by atoms with Crippen LogP contribution in [-0.4, -0.2) is 48.8 Å². The Morgan fingerprint density at radius 2 is 1.76 bits per heavy atom. The number of benzene rings is 2. The second-order valence-corrected chi connectivity index (χ2v) is 6.18. The Bertz CT molecular complexity index is 899. The van der Waals surface area contributed by atoms with Crippen molar-refractivity contribution in [3.05, 3.63) is 53.6 Å². The largest absolute Gasteiger partial charge is 0.497 e. The highest BCUT2D eigenvalue weighted by atomic mass is 16.5. The van der Waals surface area contributed by atoms with Crippen molar-refractivity contribution in [2.75, 3.05) is 20.8 Å². The number of rotatable bonds is 9. The molecule has 0 aliphatic carbocycles. The van der Waals surface area contributed by atoms with Crippen LogP contribution in [0, 0.1) is 11.3 Å². The Kier molecular flexibility index (Phi) is 7.43. The lowest BCUT2D eigenvalue weighted by Crippen LogP contribution is -2.42. The van der Waals surface area contributed by atoms with E-state index in [9.17, 15) is 14.7 Å². The SMILES string of the molecule is COc1cc(CN(CC(=O)O)C(=O)C(C)Oc2ccccc2C#N)cc(OC)c1. The van der Waals surface area contributed by atoms with Gasteiger partial charge in [-0.1, -0.05) is 12.1 Å². The van der Waals surface area contributed by atoms with Gasteiger partial charge in [0.1, 0.15) is 29.9 Å². The van der Waals surface area contributed by atoms with E-state index < -0.39 is 24.5 Å². The third-order valence-electron chi connectivity index (χ3n) is 4.08. The standard InChI is InChI=1S/C21H22N2O6/c1-14(29-19-7-5-4-6-16(19)11-22)21(26)23(13-20(24)25)12-15-8-17(27-2)10-18(9-15)28-3/h4-10,14H,12-13H2,1-3H3,(H,24,25). The molecule has 0 spiro atoms. The van der Waals surface area contributed by atoms with E-state index in [0.29, 0.717) is 17.1 Å². The summed E-state index contributed by atoms with van der Waals surface area (Å²) in [4.78, 5) is 25.4. The van der Waals surface area contributed by atoms with Crippen LogP contribution in [0.5, 0.6) is 17.2 Å². The van der Waals surface area contributed by atoms with Crippen molar-refractivity contribution in [3.63, 3.8) is 0 Å². The summed E-state index contributed by atoms with van der Waals surface area (Å²) in [5.74, 6) is -0.377.